The van der Waals surface area contributed by atoms with E-state index in [2.05, 4.69) is 0 Å². The summed E-state index contributed by atoms with van der Waals surface area (Å²) < 4.78 is 57.3. The Bertz CT molecular complexity index is 1150. The maximum atomic E-state index is 13.8. The van der Waals surface area contributed by atoms with Crippen LogP contribution in [0.5, 0.6) is 17.2 Å². The molecule has 1 aliphatic rings. The van der Waals surface area contributed by atoms with Crippen molar-refractivity contribution in [2.45, 2.75) is 19.6 Å². The number of rotatable bonds is 4. The van der Waals surface area contributed by atoms with Crippen molar-refractivity contribution in [3.8, 4) is 17.2 Å². The second-order valence-electron chi connectivity index (χ2n) is 7.48. The van der Waals surface area contributed by atoms with Gasteiger partial charge in [-0.1, -0.05) is 17.7 Å². The maximum Gasteiger partial charge on any atom is 0.453 e. The number of fused-ring (bicyclic) bond motifs is 1. The number of phenols is 1. The Hall–Kier alpha value is -3.04. The molecule has 1 saturated heterocycles. The molecule has 0 amide bonds. The van der Waals surface area contributed by atoms with Gasteiger partial charge in [0.25, 0.3) is 5.76 Å². The summed E-state index contributed by atoms with van der Waals surface area (Å²) in [5.74, 6) is -2.61. The van der Waals surface area contributed by atoms with E-state index in [4.69, 9.17) is 13.9 Å². The number of aryl methyl sites for hydroxylation is 1. The summed E-state index contributed by atoms with van der Waals surface area (Å²) in [5, 5.41) is 10.2. The van der Waals surface area contributed by atoms with Crippen LogP contribution in [0.2, 0.25) is 0 Å². The predicted molar refractivity (Wildman–Crippen MR) is 106 cm³/mol. The number of benzene rings is 2. The highest BCUT2D eigenvalue weighted by molar-refractivity contribution is 5.83. The first-order valence-corrected chi connectivity index (χ1v) is 9.78. The predicted octanol–water partition coefficient (Wildman–Crippen LogP) is 3.03. The molecule has 2 aromatic carbocycles. The normalized spacial score (nSPS) is 15.4. The number of phenolic OH excluding ortho intramolecular Hbond substituents is 1. The van der Waals surface area contributed by atoms with Gasteiger partial charge in [-0.25, -0.2) is 0 Å². The van der Waals surface area contributed by atoms with Gasteiger partial charge in [-0.2, -0.15) is 13.2 Å². The van der Waals surface area contributed by atoms with Crippen molar-refractivity contribution >= 4 is 11.0 Å². The van der Waals surface area contributed by atoms with Crippen molar-refractivity contribution in [3.63, 3.8) is 0 Å². The minimum atomic E-state index is -4.97. The van der Waals surface area contributed by atoms with E-state index < -0.39 is 23.1 Å². The second-order valence-corrected chi connectivity index (χ2v) is 7.48. The van der Waals surface area contributed by atoms with Crippen LogP contribution >= 0.6 is 0 Å². The molecule has 6 nitrogen and oxygen atoms in total. The summed E-state index contributed by atoms with van der Waals surface area (Å²) >= 11 is 0. The number of ether oxygens (including phenoxy) is 2. The third kappa shape index (κ3) is 4.38. The van der Waals surface area contributed by atoms with Crippen molar-refractivity contribution < 1.29 is 37.1 Å². The average molecular weight is 436 g/mol. The van der Waals surface area contributed by atoms with Gasteiger partial charge in [0.15, 0.2) is 5.58 Å². The molecule has 164 valence electrons. The van der Waals surface area contributed by atoms with Crippen LogP contribution < -0.4 is 15.1 Å². The molecule has 0 aliphatic carbocycles. The van der Waals surface area contributed by atoms with Crippen LogP contribution in [0.25, 0.3) is 11.0 Å². The van der Waals surface area contributed by atoms with E-state index in [1.165, 1.54) is 24.3 Å². The molecule has 31 heavy (non-hydrogen) atoms. The van der Waals surface area contributed by atoms with Crippen molar-refractivity contribution in [1.29, 1.82) is 0 Å². The summed E-state index contributed by atoms with van der Waals surface area (Å²) in [6, 6.07) is 8.81. The van der Waals surface area contributed by atoms with Gasteiger partial charge in [0, 0.05) is 0 Å². The van der Waals surface area contributed by atoms with Crippen molar-refractivity contribution in [1.82, 2.24) is 0 Å². The Kier molecular flexibility index (Phi) is 5.63. The molecule has 0 spiro atoms. The van der Waals surface area contributed by atoms with Gasteiger partial charge in [-0.15, -0.1) is 0 Å². The Morgan fingerprint density at radius 2 is 1.77 bits per heavy atom. The van der Waals surface area contributed by atoms with Crippen LogP contribution in [0, 0.1) is 6.92 Å². The molecule has 0 saturated carbocycles. The molecular weight excluding hydrogens is 415 g/mol. The largest absolute Gasteiger partial charge is 0.507 e. The summed E-state index contributed by atoms with van der Waals surface area (Å²) in [5.41, 5.74) is -0.196. The molecule has 1 aromatic heterocycles. The smallest absolute Gasteiger partial charge is 0.453 e. The van der Waals surface area contributed by atoms with Gasteiger partial charge in [0.1, 0.15) is 31.1 Å². The quantitative estimate of drug-likeness (QED) is 0.658. The molecule has 2 heterocycles. The van der Waals surface area contributed by atoms with Gasteiger partial charge in [0.2, 0.25) is 11.2 Å². The second kappa shape index (κ2) is 8.24. The molecule has 4 rings (SSSR count). The van der Waals surface area contributed by atoms with E-state index in [9.17, 15) is 23.1 Å². The number of hydrogen-bond donors (Lipinski definition) is 2. The Morgan fingerprint density at radius 3 is 2.42 bits per heavy atom. The molecule has 0 atom stereocenters. The Balaban J connectivity index is 1.87. The number of nitrogens with one attached hydrogen (secondary N) is 1. The van der Waals surface area contributed by atoms with Gasteiger partial charge in [-0.05, 0) is 31.2 Å². The fraction of sp³-hybridized carbons (Fsp3) is 0.318. The highest BCUT2D eigenvalue weighted by atomic mass is 19.4. The lowest BCUT2D eigenvalue weighted by Gasteiger charge is -2.24. The van der Waals surface area contributed by atoms with Crippen LogP contribution in [0.1, 0.15) is 16.9 Å². The molecule has 2 N–H and O–H groups in total. The van der Waals surface area contributed by atoms with E-state index in [0.717, 1.165) is 10.5 Å². The third-order valence-electron chi connectivity index (χ3n) is 5.22. The number of alkyl halides is 3. The summed E-state index contributed by atoms with van der Waals surface area (Å²) in [4.78, 5) is 14.0. The molecule has 0 radical (unpaired) electrons. The van der Waals surface area contributed by atoms with E-state index >= 15 is 0 Å². The van der Waals surface area contributed by atoms with Crippen LogP contribution in [0.15, 0.2) is 45.6 Å². The lowest BCUT2D eigenvalue weighted by molar-refractivity contribution is -0.921. The number of halogens is 3. The zero-order valence-electron chi connectivity index (χ0n) is 16.7. The number of hydrogen-bond acceptors (Lipinski definition) is 5. The molecule has 0 unspecified atom stereocenters. The zero-order valence-corrected chi connectivity index (χ0v) is 16.7. The first-order chi connectivity index (χ1) is 14.7. The monoisotopic (exact) mass is 436 g/mol. The van der Waals surface area contributed by atoms with Gasteiger partial charge in [-0.3, -0.25) is 4.79 Å². The van der Waals surface area contributed by atoms with E-state index in [1.807, 2.05) is 6.92 Å². The topological polar surface area (TPSA) is 73.3 Å². The lowest BCUT2D eigenvalue weighted by atomic mass is 10.1. The Morgan fingerprint density at radius 1 is 1.10 bits per heavy atom. The highest BCUT2D eigenvalue weighted by Gasteiger charge is 2.41. The van der Waals surface area contributed by atoms with Crippen LogP contribution in [0.3, 0.4) is 0 Å². The minimum Gasteiger partial charge on any atom is -0.507 e. The van der Waals surface area contributed by atoms with Crippen molar-refractivity contribution in [2.75, 3.05) is 26.3 Å². The zero-order chi connectivity index (χ0) is 22.2. The maximum absolute atomic E-state index is 13.8. The van der Waals surface area contributed by atoms with E-state index in [1.54, 1.807) is 12.1 Å². The van der Waals surface area contributed by atoms with Gasteiger partial charge >= 0.3 is 6.18 Å². The van der Waals surface area contributed by atoms with Gasteiger partial charge < -0.3 is 23.9 Å². The first-order valence-electron chi connectivity index (χ1n) is 9.78. The molecule has 0 bridgehead atoms. The van der Waals surface area contributed by atoms with Gasteiger partial charge in [0.05, 0.1) is 24.2 Å². The molecule has 1 fully saturated rings. The average Bonchev–Trinajstić information content (AvgIpc) is 2.73. The van der Waals surface area contributed by atoms with Crippen LogP contribution in [-0.4, -0.2) is 31.4 Å². The van der Waals surface area contributed by atoms with E-state index in [-0.39, 0.29) is 34.6 Å². The fourth-order valence-electron chi connectivity index (χ4n) is 3.55. The van der Waals surface area contributed by atoms with Crippen molar-refractivity contribution in [2.24, 2.45) is 0 Å². The van der Waals surface area contributed by atoms with Crippen molar-refractivity contribution in [3.05, 3.63) is 63.5 Å². The van der Waals surface area contributed by atoms with E-state index in [0.29, 0.717) is 26.3 Å². The molecular formula is C22H21F3NO5+. The first kappa shape index (κ1) is 21.2. The lowest BCUT2D eigenvalue weighted by Crippen LogP contribution is -3.12. The summed E-state index contributed by atoms with van der Waals surface area (Å²) in [7, 11) is 0. The molecule has 9 heteroatoms. The highest BCUT2D eigenvalue weighted by Crippen LogP contribution is 2.39. The standard InChI is InChI=1S/C22H20F3NO5/c1-13-2-4-14(5-3-13)30-20-18(28)15-6-7-17(27)16(12-26-8-10-29-11-9-26)19(15)31-21(20)22(23,24)25/h2-7,27H,8-12H2,1H3/p+1. The molecule has 1 aliphatic heterocycles. The number of morpholine rings is 1. The fourth-order valence-corrected chi connectivity index (χ4v) is 3.55. The van der Waals surface area contributed by atoms with Crippen LogP contribution in [-0.2, 0) is 17.5 Å². The Labute approximate surface area is 175 Å². The SMILES string of the molecule is Cc1ccc(Oc2c(C(F)(F)F)oc3c(C[NH+]4CCOCC4)c(O)ccc3c2=O)cc1. The summed E-state index contributed by atoms with van der Waals surface area (Å²) in [6.45, 7) is 4.28. The number of quaternary nitrogens is 1. The number of aromatic hydroxyl groups is 1. The van der Waals surface area contributed by atoms with Crippen LogP contribution in [0.4, 0.5) is 13.2 Å². The third-order valence-corrected chi connectivity index (χ3v) is 5.22. The summed E-state index contributed by atoms with van der Waals surface area (Å²) in [6.07, 6.45) is -4.97. The minimum absolute atomic E-state index is 0.0829. The molecule has 3 aromatic rings.